The lowest BCUT2D eigenvalue weighted by atomic mass is 10.0. The van der Waals surface area contributed by atoms with Crippen molar-refractivity contribution in [3.8, 4) is 0 Å². The summed E-state index contributed by atoms with van der Waals surface area (Å²) in [6.45, 7) is 5.12. The zero-order chi connectivity index (χ0) is 16.2. The first-order chi connectivity index (χ1) is 11.2. The van der Waals surface area contributed by atoms with Crippen LogP contribution in [0.3, 0.4) is 0 Å². The second-order valence-corrected chi connectivity index (χ2v) is 6.30. The number of hydrogen-bond acceptors (Lipinski definition) is 4. The summed E-state index contributed by atoms with van der Waals surface area (Å²) in [6, 6.07) is 5.93. The molecule has 3 rings (SSSR count). The normalized spacial score (nSPS) is 18.7. The average molecular weight is 316 g/mol. The molecule has 2 aromatic rings. The smallest absolute Gasteiger partial charge is 0.293 e. The van der Waals surface area contributed by atoms with Gasteiger partial charge in [0, 0.05) is 29.2 Å². The van der Waals surface area contributed by atoms with E-state index >= 15 is 0 Å². The van der Waals surface area contributed by atoms with Gasteiger partial charge in [-0.25, -0.2) is 0 Å². The largest absolute Gasteiger partial charge is 0.460 e. The molecule has 2 heterocycles. The molecule has 124 valence electrons. The van der Waals surface area contributed by atoms with Crippen molar-refractivity contribution in [3.05, 3.63) is 35.5 Å². The highest BCUT2D eigenvalue weighted by Crippen LogP contribution is 2.29. The van der Waals surface area contributed by atoms with Gasteiger partial charge in [0.2, 0.25) is 0 Å². The minimum absolute atomic E-state index is 0.310. The summed E-state index contributed by atoms with van der Waals surface area (Å²) in [6.07, 6.45) is 4.78. The van der Waals surface area contributed by atoms with Crippen LogP contribution in [0.2, 0.25) is 0 Å². The number of H-pyrrole nitrogens is 1. The molecule has 5 nitrogen and oxygen atoms in total. The van der Waals surface area contributed by atoms with E-state index in [1.54, 1.807) is 0 Å². The second kappa shape index (κ2) is 7.15. The lowest BCUT2D eigenvalue weighted by Crippen LogP contribution is -2.33. The van der Waals surface area contributed by atoms with Gasteiger partial charge in [-0.15, -0.1) is 0 Å². The van der Waals surface area contributed by atoms with Gasteiger partial charge in [-0.1, -0.05) is 12.5 Å². The lowest BCUT2D eigenvalue weighted by Gasteiger charge is -2.28. The van der Waals surface area contributed by atoms with Crippen LogP contribution in [0, 0.1) is 0 Å². The van der Waals surface area contributed by atoms with E-state index < -0.39 is 6.10 Å². The molecule has 23 heavy (non-hydrogen) atoms. The van der Waals surface area contributed by atoms with Gasteiger partial charge in [-0.05, 0) is 50.6 Å². The number of aromatic amines is 1. The Hall–Kier alpha value is -1.85. The standard InChI is InChI=1S/C18H24N2O3/c1-13(23-12-21)16-10-19-17-6-5-14(9-15(16)17)18(22)11-20-7-3-2-4-8-20/h5-6,9-10,12-13,18-19,22H,2-4,7-8,11H2,1H3. The third kappa shape index (κ3) is 3.57. The first-order valence-corrected chi connectivity index (χ1v) is 8.29. The molecule has 0 bridgehead atoms. The highest BCUT2D eigenvalue weighted by molar-refractivity contribution is 5.84. The quantitative estimate of drug-likeness (QED) is 0.804. The Bertz CT molecular complexity index is 661. The van der Waals surface area contributed by atoms with Gasteiger partial charge in [-0.2, -0.15) is 0 Å². The summed E-state index contributed by atoms with van der Waals surface area (Å²) in [5, 5.41) is 11.6. The molecule has 0 spiro atoms. The van der Waals surface area contributed by atoms with Gasteiger partial charge in [-0.3, -0.25) is 4.79 Å². The number of rotatable bonds is 6. The van der Waals surface area contributed by atoms with E-state index in [0.29, 0.717) is 13.0 Å². The summed E-state index contributed by atoms with van der Waals surface area (Å²) >= 11 is 0. The van der Waals surface area contributed by atoms with Crippen molar-refractivity contribution >= 4 is 17.4 Å². The Morgan fingerprint density at radius 3 is 2.87 bits per heavy atom. The van der Waals surface area contributed by atoms with E-state index in [9.17, 15) is 9.90 Å². The van der Waals surface area contributed by atoms with Gasteiger partial charge in [0.15, 0.2) is 0 Å². The predicted octanol–water partition coefficient (Wildman–Crippen LogP) is 2.92. The van der Waals surface area contributed by atoms with E-state index in [1.807, 2.05) is 31.3 Å². The molecular weight excluding hydrogens is 292 g/mol. The summed E-state index contributed by atoms with van der Waals surface area (Å²) in [4.78, 5) is 16.1. The molecule has 0 saturated carbocycles. The summed E-state index contributed by atoms with van der Waals surface area (Å²) in [7, 11) is 0. The molecule has 0 aliphatic carbocycles. The summed E-state index contributed by atoms with van der Waals surface area (Å²) in [5.74, 6) is 0. The number of piperidine rings is 1. The van der Waals surface area contributed by atoms with Crippen LogP contribution in [-0.2, 0) is 9.53 Å². The molecular formula is C18H24N2O3. The molecule has 1 aliphatic heterocycles. The Morgan fingerprint density at radius 1 is 1.35 bits per heavy atom. The number of aromatic nitrogens is 1. The third-order valence-corrected chi connectivity index (χ3v) is 4.70. The minimum Gasteiger partial charge on any atom is -0.460 e. The van der Waals surface area contributed by atoms with Crippen LogP contribution in [0.25, 0.3) is 10.9 Å². The van der Waals surface area contributed by atoms with Crippen LogP contribution in [0.4, 0.5) is 0 Å². The second-order valence-electron chi connectivity index (χ2n) is 6.30. The molecule has 2 unspecified atom stereocenters. The SMILES string of the molecule is CC(OC=O)c1c[nH]c2ccc(C(O)CN3CCCCC3)cc12. The van der Waals surface area contributed by atoms with E-state index in [-0.39, 0.29) is 6.10 Å². The van der Waals surface area contributed by atoms with Crippen molar-refractivity contribution in [1.82, 2.24) is 9.88 Å². The zero-order valence-corrected chi connectivity index (χ0v) is 13.5. The number of ether oxygens (including phenoxy) is 1. The maximum Gasteiger partial charge on any atom is 0.293 e. The summed E-state index contributed by atoms with van der Waals surface area (Å²) < 4.78 is 5.04. The Kier molecular flexibility index (Phi) is 4.98. The van der Waals surface area contributed by atoms with Crippen LogP contribution >= 0.6 is 0 Å². The fourth-order valence-corrected chi connectivity index (χ4v) is 3.35. The van der Waals surface area contributed by atoms with Crippen molar-refractivity contribution in [2.75, 3.05) is 19.6 Å². The number of aliphatic hydroxyl groups excluding tert-OH is 1. The van der Waals surface area contributed by atoms with Crippen molar-refractivity contribution in [1.29, 1.82) is 0 Å². The van der Waals surface area contributed by atoms with Gasteiger partial charge in [0.05, 0.1) is 6.10 Å². The van der Waals surface area contributed by atoms with E-state index in [2.05, 4.69) is 9.88 Å². The zero-order valence-electron chi connectivity index (χ0n) is 13.5. The molecule has 1 aromatic heterocycles. The number of aliphatic hydroxyl groups is 1. The van der Waals surface area contributed by atoms with Crippen LogP contribution in [0.15, 0.2) is 24.4 Å². The monoisotopic (exact) mass is 316 g/mol. The maximum absolute atomic E-state index is 10.6. The molecule has 1 fully saturated rings. The topological polar surface area (TPSA) is 65.6 Å². The number of fused-ring (bicyclic) bond motifs is 1. The molecule has 5 heteroatoms. The van der Waals surface area contributed by atoms with Crippen LogP contribution in [0.1, 0.15) is 49.5 Å². The van der Waals surface area contributed by atoms with E-state index in [0.717, 1.165) is 35.1 Å². The highest BCUT2D eigenvalue weighted by atomic mass is 16.5. The number of likely N-dealkylation sites (tertiary alicyclic amines) is 1. The van der Waals surface area contributed by atoms with Gasteiger partial charge < -0.3 is 19.7 Å². The number of nitrogens with one attached hydrogen (secondary N) is 1. The maximum atomic E-state index is 10.6. The van der Waals surface area contributed by atoms with Crippen molar-refractivity contribution in [2.24, 2.45) is 0 Å². The molecule has 0 amide bonds. The minimum atomic E-state index is -0.498. The third-order valence-electron chi connectivity index (χ3n) is 4.70. The van der Waals surface area contributed by atoms with Crippen molar-refractivity contribution in [2.45, 2.75) is 38.4 Å². The van der Waals surface area contributed by atoms with Crippen molar-refractivity contribution < 1.29 is 14.6 Å². The first kappa shape index (κ1) is 16.0. The number of carbonyl (C=O) groups is 1. The number of hydrogen-bond donors (Lipinski definition) is 2. The number of benzene rings is 1. The lowest BCUT2D eigenvalue weighted by molar-refractivity contribution is -0.133. The number of nitrogens with zero attached hydrogens (tertiary/aromatic N) is 1. The average Bonchev–Trinajstić information content (AvgIpc) is 2.99. The molecule has 2 atom stereocenters. The molecule has 0 radical (unpaired) electrons. The number of carbonyl (C=O) groups excluding carboxylic acids is 1. The first-order valence-electron chi connectivity index (χ1n) is 8.29. The molecule has 1 aliphatic rings. The van der Waals surface area contributed by atoms with Crippen LogP contribution in [-0.4, -0.2) is 41.1 Å². The number of β-amino-alcohol motifs (C(OH)–C–C–N with tert-alkyl or cyclic N) is 1. The predicted molar refractivity (Wildman–Crippen MR) is 89.1 cm³/mol. The highest BCUT2D eigenvalue weighted by Gasteiger charge is 2.18. The van der Waals surface area contributed by atoms with Gasteiger partial charge in [0.25, 0.3) is 6.47 Å². The molecule has 1 aromatic carbocycles. The Morgan fingerprint density at radius 2 is 2.13 bits per heavy atom. The van der Waals surface area contributed by atoms with Crippen LogP contribution < -0.4 is 0 Å². The van der Waals surface area contributed by atoms with E-state index in [1.165, 1.54) is 19.3 Å². The summed E-state index contributed by atoms with van der Waals surface area (Å²) in [5.41, 5.74) is 2.82. The van der Waals surface area contributed by atoms with Gasteiger partial charge in [0.1, 0.15) is 6.10 Å². The molecule has 1 saturated heterocycles. The Labute approximate surface area is 136 Å². The van der Waals surface area contributed by atoms with E-state index in [4.69, 9.17) is 4.74 Å². The van der Waals surface area contributed by atoms with Gasteiger partial charge >= 0.3 is 0 Å². The van der Waals surface area contributed by atoms with Crippen LogP contribution in [0.5, 0.6) is 0 Å². The fourth-order valence-electron chi connectivity index (χ4n) is 3.35. The van der Waals surface area contributed by atoms with Crippen molar-refractivity contribution in [3.63, 3.8) is 0 Å². The fraction of sp³-hybridized carbons (Fsp3) is 0.500. The Balaban J connectivity index is 1.80. The molecule has 2 N–H and O–H groups in total.